The molecule has 2 atom stereocenters. The zero-order valence-corrected chi connectivity index (χ0v) is 22.6. The zero-order chi connectivity index (χ0) is 30.4. The molecule has 0 bridgehead atoms. The molecular weight excluding hydrogens is 549 g/mol. The third-order valence-electron chi connectivity index (χ3n) is 6.59. The minimum absolute atomic E-state index is 0.0166. The molecule has 13 heteroatoms. The Balaban J connectivity index is 1.73. The third kappa shape index (κ3) is 6.63. The van der Waals surface area contributed by atoms with Gasteiger partial charge in [-0.15, -0.1) is 0 Å². The van der Waals surface area contributed by atoms with Crippen LogP contribution in [0.3, 0.4) is 0 Å². The molecule has 0 unspecified atom stereocenters. The number of carbonyl (C=O) groups excluding carboxylic acids is 6. The van der Waals surface area contributed by atoms with E-state index in [9.17, 15) is 38.3 Å². The molecule has 1 aliphatic rings. The first kappa shape index (κ1) is 29.9. The maximum atomic E-state index is 14.4. The number of aliphatic hydroxyl groups is 1. The second-order valence-electron chi connectivity index (χ2n) is 9.66. The monoisotopic (exact) mass is 577 g/mol. The number of aliphatic hydroxyl groups excluding tert-OH is 1. The maximum Gasteiger partial charge on any atom is 0.271 e. The number of nitrogens with one attached hydrogen (secondary N) is 2. The van der Waals surface area contributed by atoms with Crippen molar-refractivity contribution in [3.05, 3.63) is 66.2 Å². The number of amides is 4. The van der Waals surface area contributed by atoms with Crippen LogP contribution in [-0.2, 0) is 24.0 Å². The van der Waals surface area contributed by atoms with Gasteiger partial charge in [0.1, 0.15) is 36.2 Å². The Morgan fingerprint density at radius 1 is 1.14 bits per heavy atom. The first-order chi connectivity index (χ1) is 20.1. The number of carbonyl (C=O) groups is 6. The molecule has 0 saturated carbocycles. The summed E-state index contributed by atoms with van der Waals surface area (Å²) in [5.74, 6) is -4.09. The van der Waals surface area contributed by atoms with Crippen molar-refractivity contribution in [1.82, 2.24) is 15.6 Å². The second kappa shape index (κ2) is 13.1. The standard InChI is InChI=1S/C29H28FN5O7/c1-17(38)12-20(16-37)32-25(39)15-35-23-7-6-19(30)13-24(23)34(26(40)9-11-36)14-22(29(35)42)33-28(41)27-21-5-3-2-4-18(21)8-10-31-27/h2-8,10,13,16,20,22,36H,9,11-12,14-15H2,1H3,(H,32,39)(H,33,41)/t20-,22-/m0/s1. The van der Waals surface area contributed by atoms with Gasteiger partial charge in [-0.05, 0) is 36.6 Å². The number of anilines is 2. The Hall–Kier alpha value is -5.04. The summed E-state index contributed by atoms with van der Waals surface area (Å²) in [7, 11) is 0. The molecule has 2 heterocycles. The van der Waals surface area contributed by atoms with E-state index >= 15 is 0 Å². The summed E-state index contributed by atoms with van der Waals surface area (Å²) in [5.41, 5.74) is -0.0632. The molecule has 42 heavy (non-hydrogen) atoms. The van der Waals surface area contributed by atoms with Crippen LogP contribution in [0.4, 0.5) is 15.8 Å². The highest BCUT2D eigenvalue weighted by atomic mass is 19.1. The van der Waals surface area contributed by atoms with E-state index in [0.717, 1.165) is 27.3 Å². The van der Waals surface area contributed by atoms with Crippen LogP contribution in [0, 0.1) is 5.82 Å². The van der Waals surface area contributed by atoms with Gasteiger partial charge in [-0.25, -0.2) is 4.39 Å². The minimum atomic E-state index is -1.43. The molecule has 1 aliphatic heterocycles. The quantitative estimate of drug-likeness (QED) is 0.299. The summed E-state index contributed by atoms with van der Waals surface area (Å²) in [6.45, 7) is -0.396. The van der Waals surface area contributed by atoms with Crippen molar-refractivity contribution in [1.29, 1.82) is 0 Å². The van der Waals surface area contributed by atoms with Crippen molar-refractivity contribution >= 4 is 57.8 Å². The molecular formula is C29H28FN5O7. The first-order valence-corrected chi connectivity index (χ1v) is 13.0. The lowest BCUT2D eigenvalue weighted by molar-refractivity contribution is -0.127. The summed E-state index contributed by atoms with van der Waals surface area (Å²) in [6, 6.07) is 9.36. The average molecular weight is 578 g/mol. The van der Waals surface area contributed by atoms with Crippen molar-refractivity contribution in [3.63, 3.8) is 0 Å². The van der Waals surface area contributed by atoms with Gasteiger partial charge in [0.25, 0.3) is 11.8 Å². The number of aldehydes is 1. The second-order valence-corrected chi connectivity index (χ2v) is 9.66. The van der Waals surface area contributed by atoms with Gasteiger partial charge in [0, 0.05) is 18.0 Å². The number of fused-ring (bicyclic) bond motifs is 2. The summed E-state index contributed by atoms with van der Waals surface area (Å²) in [5, 5.41) is 15.6. The molecule has 218 valence electrons. The van der Waals surface area contributed by atoms with Crippen LogP contribution >= 0.6 is 0 Å². The van der Waals surface area contributed by atoms with Gasteiger partial charge in [0.05, 0.1) is 37.0 Å². The smallest absolute Gasteiger partial charge is 0.271 e. The number of hydrogen-bond donors (Lipinski definition) is 3. The number of pyridine rings is 1. The summed E-state index contributed by atoms with van der Waals surface area (Å²) >= 11 is 0. The van der Waals surface area contributed by atoms with Crippen LogP contribution in [0.5, 0.6) is 0 Å². The number of Topliss-reactive ketones (excluding diaryl/α,β-unsaturated/α-hetero) is 1. The first-order valence-electron chi connectivity index (χ1n) is 13.0. The summed E-state index contributed by atoms with van der Waals surface area (Å²) in [4.78, 5) is 82.4. The van der Waals surface area contributed by atoms with Gasteiger partial charge in [0.15, 0.2) is 0 Å². The number of halogens is 1. The molecule has 2 aromatic carbocycles. The van der Waals surface area contributed by atoms with Crippen molar-refractivity contribution in [3.8, 4) is 0 Å². The van der Waals surface area contributed by atoms with E-state index in [4.69, 9.17) is 0 Å². The van der Waals surface area contributed by atoms with Gasteiger partial charge in [0.2, 0.25) is 11.8 Å². The summed E-state index contributed by atoms with van der Waals surface area (Å²) in [6.07, 6.45) is 1.21. The molecule has 0 fully saturated rings. The number of nitrogens with zero attached hydrogens (tertiary/aromatic N) is 3. The van der Waals surface area contributed by atoms with Gasteiger partial charge >= 0.3 is 0 Å². The van der Waals surface area contributed by atoms with Crippen molar-refractivity contribution in [2.45, 2.75) is 31.8 Å². The normalized spacial score (nSPS) is 15.4. The number of rotatable bonds is 10. The summed E-state index contributed by atoms with van der Waals surface area (Å²) < 4.78 is 14.4. The highest BCUT2D eigenvalue weighted by Gasteiger charge is 2.38. The molecule has 1 aromatic heterocycles. The Morgan fingerprint density at radius 3 is 2.62 bits per heavy atom. The van der Waals surface area contributed by atoms with Gasteiger partial charge in [-0.2, -0.15) is 0 Å². The average Bonchev–Trinajstić information content (AvgIpc) is 3.06. The third-order valence-corrected chi connectivity index (χ3v) is 6.59. The lowest BCUT2D eigenvalue weighted by atomic mass is 10.1. The van der Waals surface area contributed by atoms with E-state index in [1.54, 1.807) is 30.3 Å². The SMILES string of the molecule is CC(=O)C[C@@H](C=O)NC(=O)CN1C(=O)[C@@H](NC(=O)c2nccc3ccccc23)CN(C(=O)CCO)c2cc(F)ccc21. The number of ketones is 1. The topological polar surface area (TPSA) is 166 Å². The molecule has 4 rings (SSSR count). The Morgan fingerprint density at radius 2 is 1.90 bits per heavy atom. The van der Waals surface area contributed by atoms with E-state index in [0.29, 0.717) is 11.7 Å². The highest BCUT2D eigenvalue weighted by molar-refractivity contribution is 6.12. The van der Waals surface area contributed by atoms with Crippen LogP contribution in [0.2, 0.25) is 0 Å². The molecule has 12 nitrogen and oxygen atoms in total. The molecule has 0 saturated heterocycles. The fourth-order valence-corrected chi connectivity index (χ4v) is 4.71. The molecule has 0 aliphatic carbocycles. The Bertz CT molecular complexity index is 1560. The van der Waals surface area contributed by atoms with Crippen LogP contribution in [-0.4, -0.2) is 77.6 Å². The van der Waals surface area contributed by atoms with E-state index in [1.807, 2.05) is 0 Å². The number of hydrogen-bond acceptors (Lipinski definition) is 8. The lowest BCUT2D eigenvalue weighted by Crippen LogP contribution is -2.55. The molecule has 3 aromatic rings. The van der Waals surface area contributed by atoms with E-state index in [1.165, 1.54) is 19.2 Å². The van der Waals surface area contributed by atoms with Gasteiger partial charge < -0.3 is 25.4 Å². The van der Waals surface area contributed by atoms with Gasteiger partial charge in [-0.3, -0.25) is 33.9 Å². The Labute approximate surface area is 239 Å². The fourth-order valence-electron chi connectivity index (χ4n) is 4.71. The van der Waals surface area contributed by atoms with Crippen molar-refractivity contribution < 1.29 is 38.3 Å². The fraction of sp³-hybridized carbons (Fsp3) is 0.276. The van der Waals surface area contributed by atoms with E-state index in [-0.39, 0.29) is 35.7 Å². The maximum absolute atomic E-state index is 14.4. The van der Waals surface area contributed by atoms with Crippen molar-refractivity contribution in [2.24, 2.45) is 0 Å². The molecule has 4 amide bonds. The molecule has 3 N–H and O–H groups in total. The van der Waals surface area contributed by atoms with E-state index in [2.05, 4.69) is 15.6 Å². The molecule has 0 radical (unpaired) electrons. The molecule has 0 spiro atoms. The highest BCUT2D eigenvalue weighted by Crippen LogP contribution is 2.34. The Kier molecular flexibility index (Phi) is 9.32. The lowest BCUT2D eigenvalue weighted by Gasteiger charge is -2.25. The van der Waals surface area contributed by atoms with Gasteiger partial charge in [-0.1, -0.05) is 24.3 Å². The zero-order valence-electron chi connectivity index (χ0n) is 22.6. The predicted octanol–water partition coefficient (Wildman–Crippen LogP) is 0.897. The van der Waals surface area contributed by atoms with Crippen LogP contribution in [0.15, 0.2) is 54.7 Å². The largest absolute Gasteiger partial charge is 0.396 e. The van der Waals surface area contributed by atoms with Crippen molar-refractivity contribution in [2.75, 3.05) is 29.5 Å². The minimum Gasteiger partial charge on any atom is -0.396 e. The number of aromatic nitrogens is 1. The van der Waals surface area contributed by atoms with Crippen LogP contribution < -0.4 is 20.4 Å². The number of benzene rings is 2. The van der Waals surface area contributed by atoms with Crippen LogP contribution in [0.25, 0.3) is 10.8 Å². The van der Waals surface area contributed by atoms with E-state index < -0.39 is 61.2 Å². The predicted molar refractivity (Wildman–Crippen MR) is 149 cm³/mol. The van der Waals surface area contributed by atoms with Crippen LogP contribution in [0.1, 0.15) is 30.3 Å².